The van der Waals surface area contributed by atoms with Crippen molar-refractivity contribution >= 4 is 27.7 Å². The molecule has 21 heavy (non-hydrogen) atoms. The standard InChI is InChI=1S/C15H20N2O3S/c1-13(18)16-9-3-2-6-14-7-4-8-15(12-14)17-10-5-11-21(17,19)20/h2,4,6-8,12H,3,5,9-11H2,1H3,(H,16,18). The van der Waals surface area contributed by atoms with E-state index in [1.54, 1.807) is 0 Å². The van der Waals surface area contributed by atoms with Gasteiger partial charge in [0.05, 0.1) is 11.4 Å². The summed E-state index contributed by atoms with van der Waals surface area (Å²) in [4.78, 5) is 10.7. The zero-order chi connectivity index (χ0) is 15.3. The molecule has 1 saturated heterocycles. The van der Waals surface area contributed by atoms with Crippen LogP contribution in [0, 0.1) is 0 Å². The van der Waals surface area contributed by atoms with E-state index in [4.69, 9.17) is 0 Å². The number of sulfonamides is 1. The highest BCUT2D eigenvalue weighted by Crippen LogP contribution is 2.25. The molecule has 0 unspecified atom stereocenters. The maximum absolute atomic E-state index is 11.9. The largest absolute Gasteiger partial charge is 0.356 e. The molecular weight excluding hydrogens is 288 g/mol. The molecule has 1 amide bonds. The number of hydrogen-bond acceptors (Lipinski definition) is 3. The van der Waals surface area contributed by atoms with Crippen LogP contribution in [0.5, 0.6) is 0 Å². The maximum atomic E-state index is 11.9. The van der Waals surface area contributed by atoms with Crippen molar-refractivity contribution in [3.05, 3.63) is 35.9 Å². The SMILES string of the molecule is CC(=O)NCCC=Cc1cccc(N2CCCS2(=O)=O)c1. The topological polar surface area (TPSA) is 66.5 Å². The van der Waals surface area contributed by atoms with E-state index in [0.29, 0.717) is 19.5 Å². The molecule has 0 bridgehead atoms. The summed E-state index contributed by atoms with van der Waals surface area (Å²) in [6.45, 7) is 2.65. The van der Waals surface area contributed by atoms with Gasteiger partial charge >= 0.3 is 0 Å². The zero-order valence-corrected chi connectivity index (χ0v) is 12.9. The normalized spacial score (nSPS) is 17.3. The van der Waals surface area contributed by atoms with Crippen molar-refractivity contribution in [2.75, 3.05) is 23.1 Å². The lowest BCUT2D eigenvalue weighted by molar-refractivity contribution is -0.118. The summed E-state index contributed by atoms with van der Waals surface area (Å²) in [6, 6.07) is 7.48. The second-order valence-corrected chi connectivity index (χ2v) is 7.02. The molecule has 0 aromatic heterocycles. The van der Waals surface area contributed by atoms with Gasteiger partial charge in [-0.15, -0.1) is 0 Å². The molecule has 1 heterocycles. The van der Waals surface area contributed by atoms with Crippen LogP contribution in [0.1, 0.15) is 25.3 Å². The third kappa shape index (κ3) is 4.32. The van der Waals surface area contributed by atoms with Crippen molar-refractivity contribution in [2.45, 2.75) is 19.8 Å². The predicted molar refractivity (Wildman–Crippen MR) is 84.5 cm³/mol. The molecule has 0 radical (unpaired) electrons. The number of carbonyl (C=O) groups is 1. The Morgan fingerprint density at radius 2 is 2.24 bits per heavy atom. The molecular formula is C15H20N2O3S. The molecule has 1 aromatic rings. The molecule has 5 nitrogen and oxygen atoms in total. The third-order valence-electron chi connectivity index (χ3n) is 3.25. The Kier molecular flexibility index (Phi) is 5.01. The van der Waals surface area contributed by atoms with Crippen molar-refractivity contribution < 1.29 is 13.2 Å². The highest BCUT2D eigenvalue weighted by molar-refractivity contribution is 7.93. The molecule has 6 heteroatoms. The summed E-state index contributed by atoms with van der Waals surface area (Å²) >= 11 is 0. The van der Waals surface area contributed by atoms with Crippen molar-refractivity contribution in [3.63, 3.8) is 0 Å². The Morgan fingerprint density at radius 1 is 1.43 bits per heavy atom. The smallest absolute Gasteiger partial charge is 0.235 e. The van der Waals surface area contributed by atoms with Gasteiger partial charge in [0.15, 0.2) is 0 Å². The highest BCUT2D eigenvalue weighted by Gasteiger charge is 2.28. The van der Waals surface area contributed by atoms with Gasteiger partial charge in [0.1, 0.15) is 0 Å². The van der Waals surface area contributed by atoms with Crippen molar-refractivity contribution in [2.24, 2.45) is 0 Å². The Morgan fingerprint density at radius 3 is 2.90 bits per heavy atom. The fraction of sp³-hybridized carbons (Fsp3) is 0.400. The lowest BCUT2D eigenvalue weighted by Gasteiger charge is -2.17. The highest BCUT2D eigenvalue weighted by atomic mass is 32.2. The number of nitrogens with one attached hydrogen (secondary N) is 1. The monoisotopic (exact) mass is 308 g/mol. The van der Waals surface area contributed by atoms with Crippen LogP contribution in [-0.4, -0.2) is 33.2 Å². The number of benzene rings is 1. The first-order valence-corrected chi connectivity index (χ1v) is 8.61. The minimum absolute atomic E-state index is 0.0374. The minimum Gasteiger partial charge on any atom is -0.356 e. The van der Waals surface area contributed by atoms with Gasteiger partial charge in [-0.25, -0.2) is 8.42 Å². The van der Waals surface area contributed by atoms with Gasteiger partial charge in [-0.2, -0.15) is 0 Å². The number of rotatable bonds is 5. The quantitative estimate of drug-likeness (QED) is 0.843. The molecule has 0 atom stereocenters. The zero-order valence-electron chi connectivity index (χ0n) is 12.1. The van der Waals surface area contributed by atoms with Crippen LogP contribution in [0.15, 0.2) is 30.3 Å². The summed E-state index contributed by atoms with van der Waals surface area (Å²) in [5.41, 5.74) is 1.67. The fourth-order valence-electron chi connectivity index (χ4n) is 2.26. The number of carbonyl (C=O) groups excluding carboxylic acids is 1. The number of nitrogens with zero attached hydrogens (tertiary/aromatic N) is 1. The first-order valence-electron chi connectivity index (χ1n) is 7.00. The second kappa shape index (κ2) is 6.76. The molecule has 0 saturated carbocycles. The number of anilines is 1. The first kappa shape index (κ1) is 15.6. The molecule has 0 aliphatic carbocycles. The average Bonchev–Trinajstić information content (AvgIpc) is 2.78. The van der Waals surface area contributed by atoms with Crippen LogP contribution in [0.4, 0.5) is 5.69 Å². The fourth-order valence-corrected chi connectivity index (χ4v) is 3.82. The van der Waals surface area contributed by atoms with Crippen LogP contribution in [0.2, 0.25) is 0 Å². The van der Waals surface area contributed by atoms with E-state index in [2.05, 4.69) is 5.32 Å². The van der Waals surface area contributed by atoms with Gasteiger partial charge in [0.2, 0.25) is 15.9 Å². The maximum Gasteiger partial charge on any atom is 0.235 e. The second-order valence-electron chi connectivity index (χ2n) is 5.01. The summed E-state index contributed by atoms with van der Waals surface area (Å²) < 4.78 is 25.3. The van der Waals surface area contributed by atoms with Crippen LogP contribution >= 0.6 is 0 Å². The van der Waals surface area contributed by atoms with Gasteiger partial charge in [-0.1, -0.05) is 24.3 Å². The predicted octanol–water partition coefficient (Wildman–Crippen LogP) is 1.77. The van der Waals surface area contributed by atoms with E-state index in [1.807, 2.05) is 36.4 Å². The molecule has 1 aliphatic heterocycles. The first-order chi connectivity index (χ1) is 9.99. The summed E-state index contributed by atoms with van der Waals surface area (Å²) in [5, 5.41) is 2.72. The van der Waals surface area contributed by atoms with Gasteiger partial charge in [-0.3, -0.25) is 9.10 Å². The molecule has 114 valence electrons. The van der Waals surface area contributed by atoms with Crippen molar-refractivity contribution in [3.8, 4) is 0 Å². The van der Waals surface area contributed by atoms with Crippen LogP contribution < -0.4 is 9.62 Å². The Balaban J connectivity index is 2.01. The lowest BCUT2D eigenvalue weighted by atomic mass is 10.1. The Hall–Kier alpha value is -1.82. The van der Waals surface area contributed by atoms with E-state index in [1.165, 1.54) is 11.2 Å². The minimum atomic E-state index is -3.13. The van der Waals surface area contributed by atoms with Crippen molar-refractivity contribution in [1.82, 2.24) is 5.32 Å². The Bertz CT molecular complexity index is 638. The summed E-state index contributed by atoms with van der Waals surface area (Å²) in [6.07, 6.45) is 5.33. The van der Waals surface area contributed by atoms with Crippen molar-refractivity contribution in [1.29, 1.82) is 0 Å². The number of hydrogen-bond donors (Lipinski definition) is 1. The number of amides is 1. The molecule has 2 rings (SSSR count). The van der Waals surface area contributed by atoms with E-state index in [9.17, 15) is 13.2 Å². The average molecular weight is 308 g/mol. The van der Waals surface area contributed by atoms with E-state index >= 15 is 0 Å². The van der Waals surface area contributed by atoms with Gasteiger partial charge in [-0.05, 0) is 30.5 Å². The lowest BCUT2D eigenvalue weighted by Crippen LogP contribution is -2.24. The molecule has 1 aromatic carbocycles. The molecule has 1 N–H and O–H groups in total. The molecule has 1 aliphatic rings. The van der Waals surface area contributed by atoms with E-state index in [-0.39, 0.29) is 11.7 Å². The van der Waals surface area contributed by atoms with Gasteiger partial charge in [0, 0.05) is 20.0 Å². The Labute approximate surface area is 125 Å². The third-order valence-corrected chi connectivity index (χ3v) is 5.12. The van der Waals surface area contributed by atoms with Gasteiger partial charge < -0.3 is 5.32 Å². The van der Waals surface area contributed by atoms with Gasteiger partial charge in [0.25, 0.3) is 0 Å². The summed E-state index contributed by atoms with van der Waals surface area (Å²) in [7, 11) is -3.13. The summed E-state index contributed by atoms with van der Waals surface area (Å²) in [5.74, 6) is 0.189. The van der Waals surface area contributed by atoms with E-state index < -0.39 is 10.0 Å². The van der Waals surface area contributed by atoms with Crippen LogP contribution in [-0.2, 0) is 14.8 Å². The van der Waals surface area contributed by atoms with Crippen LogP contribution in [0.25, 0.3) is 6.08 Å². The van der Waals surface area contributed by atoms with E-state index in [0.717, 1.165) is 17.7 Å². The molecule has 0 spiro atoms. The van der Waals surface area contributed by atoms with Crippen LogP contribution in [0.3, 0.4) is 0 Å². The molecule has 1 fully saturated rings.